The van der Waals surface area contributed by atoms with E-state index in [9.17, 15) is 5.26 Å². The van der Waals surface area contributed by atoms with Crippen molar-refractivity contribution >= 4 is 23.4 Å². The molecule has 0 aliphatic rings. The molecule has 108 valence electrons. The minimum absolute atomic E-state index is 0.288. The van der Waals surface area contributed by atoms with Crippen molar-refractivity contribution in [2.24, 2.45) is 0 Å². The molecule has 2 aromatic carbocycles. The van der Waals surface area contributed by atoms with E-state index in [0.29, 0.717) is 16.0 Å². The predicted molar refractivity (Wildman–Crippen MR) is 87.0 cm³/mol. The lowest BCUT2D eigenvalue weighted by Crippen LogP contribution is -1.79. The lowest BCUT2D eigenvalue weighted by Gasteiger charge is -1.98. The van der Waals surface area contributed by atoms with Gasteiger partial charge in [0.1, 0.15) is 6.07 Å². The number of hydrogen-bond acceptors (Lipinski definition) is 4. The van der Waals surface area contributed by atoms with Crippen LogP contribution in [0.2, 0.25) is 5.02 Å². The summed E-state index contributed by atoms with van der Waals surface area (Å²) in [5, 5.41) is 10.4. The average Bonchev–Trinajstić information content (AvgIpc) is 2.93. The highest BCUT2D eigenvalue weighted by atomic mass is 35.5. The molecule has 1 aromatic heterocycles. The number of rotatable bonds is 3. The van der Waals surface area contributed by atoms with E-state index in [1.165, 1.54) is 11.8 Å². The fourth-order valence-electron chi connectivity index (χ4n) is 1.88. The van der Waals surface area contributed by atoms with Crippen LogP contribution in [-0.2, 0) is 0 Å². The van der Waals surface area contributed by atoms with Crippen LogP contribution in [0.5, 0.6) is 0 Å². The largest absolute Gasteiger partial charge is 0.428 e. The zero-order valence-electron chi connectivity index (χ0n) is 11.7. The Bertz CT molecular complexity index is 833. The van der Waals surface area contributed by atoms with Crippen LogP contribution < -0.4 is 0 Å². The first-order valence-electron chi connectivity index (χ1n) is 6.57. The highest BCUT2D eigenvalue weighted by Crippen LogP contribution is 2.34. The standard InChI is InChI=1S/C17H11ClN2OS/c1-11-2-4-12(5-3-11)16-20-15(10-19)17(21-16)22-14-8-6-13(18)7-9-14/h2-9H,1H3. The molecule has 0 atom stereocenters. The number of nitrogens with zero attached hydrogens (tertiary/aromatic N) is 2. The summed E-state index contributed by atoms with van der Waals surface area (Å²) < 4.78 is 5.76. The smallest absolute Gasteiger partial charge is 0.228 e. The van der Waals surface area contributed by atoms with Gasteiger partial charge >= 0.3 is 0 Å². The van der Waals surface area contributed by atoms with Crippen molar-refractivity contribution in [3.05, 3.63) is 64.8 Å². The maximum atomic E-state index is 9.24. The number of aryl methyl sites for hydroxylation is 1. The molecule has 0 amide bonds. The van der Waals surface area contributed by atoms with Crippen molar-refractivity contribution in [3.63, 3.8) is 0 Å². The summed E-state index contributed by atoms with van der Waals surface area (Å²) in [4.78, 5) is 5.21. The molecule has 0 bridgehead atoms. The maximum Gasteiger partial charge on any atom is 0.228 e. The van der Waals surface area contributed by atoms with Gasteiger partial charge in [-0.15, -0.1) is 0 Å². The molecule has 0 saturated carbocycles. The second-order valence-electron chi connectivity index (χ2n) is 4.69. The Balaban J connectivity index is 1.93. The van der Waals surface area contributed by atoms with Crippen LogP contribution in [0.25, 0.3) is 11.5 Å². The minimum Gasteiger partial charge on any atom is -0.428 e. The molecule has 0 N–H and O–H groups in total. The highest BCUT2D eigenvalue weighted by molar-refractivity contribution is 7.99. The molecular formula is C17H11ClN2OS. The van der Waals surface area contributed by atoms with Gasteiger partial charge in [0.15, 0.2) is 5.69 Å². The summed E-state index contributed by atoms with van der Waals surface area (Å²) in [6.45, 7) is 2.02. The van der Waals surface area contributed by atoms with E-state index in [1.54, 1.807) is 12.1 Å². The summed E-state index contributed by atoms with van der Waals surface area (Å²) in [5.41, 5.74) is 2.30. The number of halogens is 1. The summed E-state index contributed by atoms with van der Waals surface area (Å²) in [5.74, 6) is 0.452. The third-order valence-electron chi connectivity index (χ3n) is 3.02. The molecule has 0 aliphatic carbocycles. The maximum absolute atomic E-state index is 9.24. The molecule has 5 heteroatoms. The van der Waals surface area contributed by atoms with Crippen molar-refractivity contribution in [1.29, 1.82) is 5.26 Å². The van der Waals surface area contributed by atoms with Crippen LogP contribution >= 0.6 is 23.4 Å². The Morgan fingerprint density at radius 2 is 1.77 bits per heavy atom. The fraction of sp³-hybridized carbons (Fsp3) is 0.0588. The molecule has 0 radical (unpaired) electrons. The van der Waals surface area contributed by atoms with Gasteiger partial charge in [-0.05, 0) is 55.1 Å². The topological polar surface area (TPSA) is 49.8 Å². The number of oxazole rings is 1. The molecule has 0 aliphatic heterocycles. The van der Waals surface area contributed by atoms with Crippen LogP contribution in [0.4, 0.5) is 0 Å². The molecule has 1 heterocycles. The Morgan fingerprint density at radius 1 is 1.09 bits per heavy atom. The van der Waals surface area contributed by atoms with Crippen molar-refractivity contribution in [2.75, 3.05) is 0 Å². The first-order valence-corrected chi connectivity index (χ1v) is 7.76. The molecule has 0 spiro atoms. The van der Waals surface area contributed by atoms with Crippen molar-refractivity contribution in [3.8, 4) is 17.5 Å². The predicted octanol–water partition coefficient (Wildman–Crippen LogP) is 5.33. The summed E-state index contributed by atoms with van der Waals surface area (Å²) in [6.07, 6.45) is 0. The minimum atomic E-state index is 0.288. The van der Waals surface area contributed by atoms with Crippen LogP contribution in [0.3, 0.4) is 0 Å². The summed E-state index contributed by atoms with van der Waals surface area (Å²) in [7, 11) is 0. The van der Waals surface area contributed by atoms with Gasteiger partial charge in [0.05, 0.1) is 0 Å². The Kier molecular flexibility index (Phi) is 4.19. The van der Waals surface area contributed by atoms with Gasteiger partial charge in [0.25, 0.3) is 0 Å². The summed E-state index contributed by atoms with van der Waals surface area (Å²) in [6, 6.07) is 17.3. The Morgan fingerprint density at radius 3 is 2.41 bits per heavy atom. The van der Waals surface area contributed by atoms with E-state index in [0.717, 1.165) is 16.0 Å². The normalized spacial score (nSPS) is 10.4. The van der Waals surface area contributed by atoms with Gasteiger partial charge in [-0.2, -0.15) is 10.2 Å². The lowest BCUT2D eigenvalue weighted by atomic mass is 10.1. The molecule has 3 rings (SSSR count). The number of hydrogen-bond donors (Lipinski definition) is 0. The molecule has 3 nitrogen and oxygen atoms in total. The highest BCUT2D eigenvalue weighted by Gasteiger charge is 2.15. The monoisotopic (exact) mass is 326 g/mol. The molecule has 0 unspecified atom stereocenters. The van der Waals surface area contributed by atoms with Crippen LogP contribution in [0.15, 0.2) is 62.9 Å². The van der Waals surface area contributed by atoms with Gasteiger partial charge in [-0.25, -0.2) is 0 Å². The number of aromatic nitrogens is 1. The lowest BCUT2D eigenvalue weighted by molar-refractivity contribution is 0.483. The van der Waals surface area contributed by atoms with Gasteiger partial charge < -0.3 is 4.42 Å². The van der Waals surface area contributed by atoms with E-state index in [-0.39, 0.29) is 5.69 Å². The van der Waals surface area contributed by atoms with Crippen LogP contribution in [0.1, 0.15) is 11.3 Å². The average molecular weight is 327 g/mol. The summed E-state index contributed by atoms with van der Waals surface area (Å²) >= 11 is 7.23. The zero-order valence-corrected chi connectivity index (χ0v) is 13.3. The molecule has 3 aromatic rings. The zero-order chi connectivity index (χ0) is 15.5. The quantitative estimate of drug-likeness (QED) is 0.653. The SMILES string of the molecule is Cc1ccc(-c2nc(C#N)c(Sc3ccc(Cl)cc3)o2)cc1. The Labute approximate surface area is 137 Å². The van der Waals surface area contributed by atoms with Gasteiger partial charge in [-0.1, -0.05) is 29.3 Å². The first kappa shape index (κ1) is 14.7. The van der Waals surface area contributed by atoms with E-state index in [4.69, 9.17) is 16.0 Å². The van der Waals surface area contributed by atoms with Crippen LogP contribution in [0, 0.1) is 18.3 Å². The van der Waals surface area contributed by atoms with E-state index >= 15 is 0 Å². The van der Waals surface area contributed by atoms with Gasteiger partial charge in [0, 0.05) is 15.5 Å². The fourth-order valence-corrected chi connectivity index (χ4v) is 2.80. The van der Waals surface area contributed by atoms with E-state index < -0.39 is 0 Å². The van der Waals surface area contributed by atoms with Gasteiger partial charge in [-0.3, -0.25) is 0 Å². The molecule has 22 heavy (non-hydrogen) atoms. The van der Waals surface area contributed by atoms with Crippen molar-refractivity contribution < 1.29 is 4.42 Å². The second kappa shape index (κ2) is 6.27. The second-order valence-corrected chi connectivity index (χ2v) is 6.17. The van der Waals surface area contributed by atoms with E-state index in [2.05, 4.69) is 11.1 Å². The third kappa shape index (κ3) is 3.16. The molecular weight excluding hydrogens is 316 g/mol. The van der Waals surface area contributed by atoms with Crippen LogP contribution in [-0.4, -0.2) is 4.98 Å². The first-order chi connectivity index (χ1) is 10.7. The Hall–Kier alpha value is -2.22. The molecule has 0 fully saturated rings. The third-order valence-corrected chi connectivity index (χ3v) is 4.25. The van der Waals surface area contributed by atoms with E-state index in [1.807, 2.05) is 43.3 Å². The number of nitriles is 1. The number of benzene rings is 2. The van der Waals surface area contributed by atoms with Gasteiger partial charge in [0.2, 0.25) is 11.0 Å². The van der Waals surface area contributed by atoms with Crippen molar-refractivity contribution in [1.82, 2.24) is 4.98 Å². The molecule has 0 saturated heterocycles. The van der Waals surface area contributed by atoms with Crippen molar-refractivity contribution in [2.45, 2.75) is 16.9 Å².